The van der Waals surface area contributed by atoms with Crippen molar-refractivity contribution in [3.63, 3.8) is 0 Å². The van der Waals surface area contributed by atoms with Gasteiger partial charge in [-0.1, -0.05) is 31.5 Å². The molecule has 0 aliphatic carbocycles. The molecular formula is C34H34N4O7S. The number of ether oxygens (including phenoxy) is 2. The van der Waals surface area contributed by atoms with Gasteiger partial charge in [0.15, 0.2) is 0 Å². The number of likely N-dealkylation sites (tertiary alicyclic amines) is 1. The minimum atomic E-state index is -4.16. The van der Waals surface area contributed by atoms with E-state index in [1.54, 1.807) is 41.3 Å². The maximum Gasteiger partial charge on any atom is 0.409 e. The number of non-ortho nitro benzene ring substituents is 1. The molecule has 1 fully saturated rings. The van der Waals surface area contributed by atoms with Crippen molar-refractivity contribution in [1.82, 2.24) is 4.90 Å². The predicted molar refractivity (Wildman–Crippen MR) is 173 cm³/mol. The monoisotopic (exact) mass is 642 g/mol. The molecule has 238 valence electrons. The second-order valence-electron chi connectivity index (χ2n) is 11.0. The van der Waals surface area contributed by atoms with Crippen LogP contribution in [0, 0.1) is 21.4 Å². The fraction of sp³-hybridized carbons (Fsp3) is 0.294. The Morgan fingerprint density at radius 1 is 1.00 bits per heavy atom. The number of nitro benzene ring substituents is 1. The van der Waals surface area contributed by atoms with Crippen LogP contribution < -0.4 is 9.04 Å². The van der Waals surface area contributed by atoms with Crippen LogP contribution in [0.1, 0.15) is 43.7 Å². The number of rotatable bonds is 11. The van der Waals surface area contributed by atoms with Gasteiger partial charge in [0.1, 0.15) is 11.9 Å². The largest absolute Gasteiger partial charge is 0.490 e. The van der Waals surface area contributed by atoms with E-state index < -0.39 is 14.9 Å². The van der Waals surface area contributed by atoms with Gasteiger partial charge in [-0.15, -0.1) is 0 Å². The van der Waals surface area contributed by atoms with Crippen LogP contribution in [-0.2, 0) is 21.3 Å². The maximum absolute atomic E-state index is 14.0. The second kappa shape index (κ2) is 14.3. The molecule has 0 spiro atoms. The van der Waals surface area contributed by atoms with Gasteiger partial charge in [0, 0.05) is 38.1 Å². The van der Waals surface area contributed by atoms with Crippen LogP contribution >= 0.6 is 0 Å². The predicted octanol–water partition coefficient (Wildman–Crippen LogP) is 6.80. The molecule has 1 aliphatic rings. The first-order chi connectivity index (χ1) is 22.2. The van der Waals surface area contributed by atoms with Crippen LogP contribution in [0.5, 0.6) is 5.75 Å². The third-order valence-electron chi connectivity index (χ3n) is 7.85. The number of amides is 1. The highest BCUT2D eigenvalue weighted by Gasteiger charge is 2.28. The van der Waals surface area contributed by atoms with E-state index in [1.165, 1.54) is 16.4 Å². The standard InChI is InChI=1S/C34H34N4O7S/c1-2-3-20-44-34(39)36-18-16-32(17-19-36)45-31-12-8-29(9-13-31)37(46(42,43)33-14-10-30(11-15-33)38(40)41)24-26-5-7-27-6-4-25(23-35)21-28(27)22-26/h4-15,21-22,32H,2-3,16-20,24H2,1H3. The molecule has 4 aromatic carbocycles. The lowest BCUT2D eigenvalue weighted by atomic mass is 10.0. The summed E-state index contributed by atoms with van der Waals surface area (Å²) in [6.07, 6.45) is 2.65. The molecule has 0 unspecified atom stereocenters. The normalized spacial score (nSPS) is 13.6. The van der Waals surface area contributed by atoms with Crippen molar-refractivity contribution in [3.05, 3.63) is 106 Å². The molecule has 4 aromatic rings. The number of hydrogen-bond acceptors (Lipinski definition) is 8. The number of piperidine rings is 1. The van der Waals surface area contributed by atoms with Crippen molar-refractivity contribution in [2.45, 2.75) is 50.2 Å². The SMILES string of the molecule is CCCCOC(=O)N1CCC(Oc2ccc(N(Cc3ccc4ccc(C#N)cc4c3)S(=O)(=O)c3ccc([N+](=O)[O-])cc3)cc2)CC1. The van der Waals surface area contributed by atoms with Crippen molar-refractivity contribution in [3.8, 4) is 11.8 Å². The van der Waals surface area contributed by atoms with Crippen LogP contribution in [0.25, 0.3) is 10.8 Å². The van der Waals surface area contributed by atoms with E-state index >= 15 is 0 Å². The Hall–Kier alpha value is -5.15. The average Bonchev–Trinajstić information content (AvgIpc) is 3.07. The number of hydrogen-bond donors (Lipinski definition) is 0. The fourth-order valence-corrected chi connectivity index (χ4v) is 6.70. The number of benzene rings is 4. The van der Waals surface area contributed by atoms with E-state index in [2.05, 4.69) is 6.07 Å². The molecule has 1 aliphatic heterocycles. The smallest absolute Gasteiger partial charge is 0.409 e. The quantitative estimate of drug-likeness (QED) is 0.0988. The van der Waals surface area contributed by atoms with Crippen LogP contribution in [0.4, 0.5) is 16.2 Å². The molecule has 0 N–H and O–H groups in total. The summed E-state index contributed by atoms with van der Waals surface area (Å²) in [4.78, 5) is 24.4. The lowest BCUT2D eigenvalue weighted by Crippen LogP contribution is -2.42. The number of anilines is 1. The summed E-state index contributed by atoms with van der Waals surface area (Å²) in [5, 5.41) is 22.2. The van der Waals surface area contributed by atoms with Gasteiger partial charge in [0.05, 0.1) is 40.3 Å². The molecule has 11 nitrogen and oxygen atoms in total. The second-order valence-corrected chi connectivity index (χ2v) is 12.9. The summed E-state index contributed by atoms with van der Waals surface area (Å²) in [6.45, 7) is 3.47. The molecule has 0 radical (unpaired) electrons. The number of sulfonamides is 1. The number of nitrogens with zero attached hydrogens (tertiary/aromatic N) is 4. The molecule has 1 amide bonds. The first-order valence-electron chi connectivity index (χ1n) is 15.1. The van der Waals surface area contributed by atoms with Crippen molar-refractivity contribution < 1.29 is 27.6 Å². The van der Waals surface area contributed by atoms with Gasteiger partial charge >= 0.3 is 6.09 Å². The zero-order valence-electron chi connectivity index (χ0n) is 25.4. The minimum absolute atomic E-state index is 0.0287. The van der Waals surface area contributed by atoms with Crippen molar-refractivity contribution in [2.75, 3.05) is 24.0 Å². The highest BCUT2D eigenvalue weighted by atomic mass is 32.2. The summed E-state index contributed by atoms with van der Waals surface area (Å²) in [5.74, 6) is 0.565. The van der Waals surface area contributed by atoms with Crippen LogP contribution in [-0.4, -0.2) is 50.1 Å². The van der Waals surface area contributed by atoms with E-state index in [4.69, 9.17) is 9.47 Å². The van der Waals surface area contributed by atoms with Gasteiger partial charge in [0.2, 0.25) is 0 Å². The molecule has 1 heterocycles. The molecular weight excluding hydrogens is 608 g/mol. The summed E-state index contributed by atoms with van der Waals surface area (Å²) < 4.78 is 40.7. The summed E-state index contributed by atoms with van der Waals surface area (Å²) in [6, 6.07) is 24.5. The molecule has 12 heteroatoms. The van der Waals surface area contributed by atoms with Crippen molar-refractivity contribution >= 4 is 38.3 Å². The molecule has 0 aromatic heterocycles. The van der Waals surface area contributed by atoms with E-state index in [0.29, 0.717) is 55.1 Å². The number of nitriles is 1. The zero-order chi connectivity index (χ0) is 32.7. The number of unbranched alkanes of at least 4 members (excludes halogenated alkanes) is 1. The van der Waals surface area contributed by atoms with Crippen LogP contribution in [0.2, 0.25) is 0 Å². The van der Waals surface area contributed by atoms with E-state index in [9.17, 15) is 28.6 Å². The van der Waals surface area contributed by atoms with Gasteiger partial charge in [-0.3, -0.25) is 14.4 Å². The van der Waals surface area contributed by atoms with Crippen LogP contribution in [0.3, 0.4) is 0 Å². The average molecular weight is 643 g/mol. The van der Waals surface area contributed by atoms with Gasteiger partial charge in [-0.25, -0.2) is 13.2 Å². The van der Waals surface area contributed by atoms with Crippen molar-refractivity contribution in [1.29, 1.82) is 5.26 Å². The topological polar surface area (TPSA) is 143 Å². The highest BCUT2D eigenvalue weighted by Crippen LogP contribution is 2.30. The fourth-order valence-electron chi connectivity index (χ4n) is 5.25. The maximum atomic E-state index is 14.0. The minimum Gasteiger partial charge on any atom is -0.490 e. The van der Waals surface area contributed by atoms with Gasteiger partial charge in [0.25, 0.3) is 15.7 Å². The summed E-state index contributed by atoms with van der Waals surface area (Å²) >= 11 is 0. The van der Waals surface area contributed by atoms with E-state index in [-0.39, 0.29) is 29.3 Å². The molecule has 0 saturated carbocycles. The highest BCUT2D eigenvalue weighted by molar-refractivity contribution is 7.92. The third kappa shape index (κ3) is 7.55. The molecule has 0 bridgehead atoms. The lowest BCUT2D eigenvalue weighted by molar-refractivity contribution is -0.384. The summed E-state index contributed by atoms with van der Waals surface area (Å²) in [5.41, 5.74) is 1.34. The Morgan fingerprint density at radius 2 is 1.70 bits per heavy atom. The first kappa shape index (κ1) is 32.2. The van der Waals surface area contributed by atoms with Gasteiger partial charge < -0.3 is 14.4 Å². The molecule has 0 atom stereocenters. The summed E-state index contributed by atoms with van der Waals surface area (Å²) in [7, 11) is -4.16. The Balaban J connectivity index is 1.36. The number of carbonyl (C=O) groups excluding carboxylic acids is 1. The Kier molecular flexibility index (Phi) is 10.0. The molecule has 1 saturated heterocycles. The number of carbonyl (C=O) groups is 1. The Morgan fingerprint density at radius 3 is 2.35 bits per heavy atom. The van der Waals surface area contributed by atoms with Crippen molar-refractivity contribution in [2.24, 2.45) is 0 Å². The van der Waals surface area contributed by atoms with Gasteiger partial charge in [-0.2, -0.15) is 5.26 Å². The molecule has 5 rings (SSSR count). The molecule has 46 heavy (non-hydrogen) atoms. The van der Waals surface area contributed by atoms with Crippen LogP contribution in [0.15, 0.2) is 89.8 Å². The number of fused-ring (bicyclic) bond motifs is 1. The lowest BCUT2D eigenvalue weighted by Gasteiger charge is -2.31. The van der Waals surface area contributed by atoms with E-state index in [0.717, 1.165) is 35.7 Å². The Bertz CT molecular complexity index is 1850. The number of nitro groups is 1. The Labute approximate surface area is 267 Å². The first-order valence-corrected chi connectivity index (χ1v) is 16.5. The van der Waals surface area contributed by atoms with E-state index in [1.807, 2.05) is 31.2 Å². The zero-order valence-corrected chi connectivity index (χ0v) is 26.2. The third-order valence-corrected chi connectivity index (χ3v) is 9.63. The van der Waals surface area contributed by atoms with Gasteiger partial charge in [-0.05, 0) is 77.4 Å².